The summed E-state index contributed by atoms with van der Waals surface area (Å²) in [6, 6.07) is 8.28. The normalized spacial score (nSPS) is 10.6. The van der Waals surface area contributed by atoms with Gasteiger partial charge in [0.15, 0.2) is 0 Å². The van der Waals surface area contributed by atoms with Crippen LogP contribution in [0.3, 0.4) is 0 Å². The van der Waals surface area contributed by atoms with Gasteiger partial charge in [0.05, 0.1) is 7.11 Å². The molecule has 14 heavy (non-hydrogen) atoms. The molecule has 1 rings (SSSR count). The molecule has 0 saturated carbocycles. The number of nitrogens with zero attached hydrogens (tertiary/aromatic N) is 1. The van der Waals surface area contributed by atoms with E-state index in [0.717, 1.165) is 18.7 Å². The summed E-state index contributed by atoms with van der Waals surface area (Å²) in [7, 11) is 5.91. The minimum atomic E-state index is 0.951. The summed E-state index contributed by atoms with van der Waals surface area (Å²) in [4.78, 5) is 2.21. The molecule has 0 aliphatic heterocycles. The molecule has 0 fully saturated rings. The van der Waals surface area contributed by atoms with Crippen LogP contribution >= 0.6 is 0 Å². The third-order valence-electron chi connectivity index (χ3n) is 2.20. The number of rotatable bonds is 5. The van der Waals surface area contributed by atoms with Crippen molar-refractivity contribution >= 4 is 0 Å². The number of aryl methyl sites for hydroxylation is 1. The highest BCUT2D eigenvalue weighted by Gasteiger charge is 1.96. The molecule has 1 aromatic carbocycles. The van der Waals surface area contributed by atoms with E-state index >= 15 is 0 Å². The molecule has 1 aromatic rings. The highest BCUT2D eigenvalue weighted by molar-refractivity contribution is 5.28. The molecule has 0 aliphatic carbocycles. The molecule has 0 heterocycles. The first-order chi connectivity index (χ1) is 6.72. The van der Waals surface area contributed by atoms with Crippen LogP contribution in [0.1, 0.15) is 12.0 Å². The van der Waals surface area contributed by atoms with E-state index in [0.29, 0.717) is 0 Å². The summed E-state index contributed by atoms with van der Waals surface area (Å²) >= 11 is 0. The maximum Gasteiger partial charge on any atom is 0.119 e. The molecular weight excluding hydrogens is 174 g/mol. The Labute approximate surface area is 86.5 Å². The molecule has 0 aromatic heterocycles. The monoisotopic (exact) mass is 193 g/mol. The van der Waals surface area contributed by atoms with E-state index in [1.807, 2.05) is 12.1 Å². The van der Waals surface area contributed by atoms with Gasteiger partial charge in [-0.3, -0.25) is 0 Å². The van der Waals surface area contributed by atoms with Crippen LogP contribution in [0.15, 0.2) is 24.3 Å². The van der Waals surface area contributed by atoms with Crippen LogP contribution in [-0.4, -0.2) is 32.6 Å². The van der Waals surface area contributed by atoms with Gasteiger partial charge in [0.25, 0.3) is 0 Å². The van der Waals surface area contributed by atoms with Gasteiger partial charge in [-0.15, -0.1) is 0 Å². The van der Waals surface area contributed by atoms with E-state index < -0.39 is 0 Å². The molecule has 2 nitrogen and oxygen atoms in total. The van der Waals surface area contributed by atoms with E-state index in [9.17, 15) is 0 Å². The molecule has 0 spiro atoms. The van der Waals surface area contributed by atoms with Gasteiger partial charge in [0.1, 0.15) is 5.75 Å². The van der Waals surface area contributed by atoms with Crippen LogP contribution in [0.5, 0.6) is 5.75 Å². The van der Waals surface area contributed by atoms with Crippen molar-refractivity contribution in [1.82, 2.24) is 4.90 Å². The predicted octanol–water partition coefficient (Wildman–Crippen LogP) is 2.19. The van der Waals surface area contributed by atoms with Gasteiger partial charge in [-0.1, -0.05) is 12.1 Å². The summed E-state index contributed by atoms with van der Waals surface area (Å²) in [5.41, 5.74) is 1.35. The van der Waals surface area contributed by atoms with Crippen LogP contribution in [0.25, 0.3) is 0 Å². The van der Waals surface area contributed by atoms with Gasteiger partial charge in [-0.25, -0.2) is 0 Å². The minimum absolute atomic E-state index is 0.951. The first-order valence-corrected chi connectivity index (χ1v) is 5.00. The molecule has 2 heteroatoms. The number of hydrogen-bond donors (Lipinski definition) is 0. The van der Waals surface area contributed by atoms with Crippen LogP contribution in [0, 0.1) is 0 Å². The molecule has 0 atom stereocenters. The Morgan fingerprint density at radius 3 is 2.71 bits per heavy atom. The number of benzene rings is 1. The Hall–Kier alpha value is -1.02. The number of methoxy groups -OCH3 is 1. The zero-order valence-corrected chi connectivity index (χ0v) is 9.29. The number of hydrogen-bond acceptors (Lipinski definition) is 2. The van der Waals surface area contributed by atoms with Gasteiger partial charge < -0.3 is 9.64 Å². The zero-order valence-electron chi connectivity index (χ0n) is 9.29. The van der Waals surface area contributed by atoms with Crippen molar-refractivity contribution in [3.63, 3.8) is 0 Å². The highest BCUT2D eigenvalue weighted by Crippen LogP contribution is 2.13. The van der Waals surface area contributed by atoms with E-state index in [1.54, 1.807) is 7.11 Å². The lowest BCUT2D eigenvalue weighted by molar-refractivity contribution is 0.399. The standard InChI is InChI=1S/C12H19NO/c1-13(2)9-5-7-11-6-4-8-12(10-11)14-3/h4,6,8,10H,5,7,9H2,1-3H3. The summed E-state index contributed by atoms with van der Waals surface area (Å²) in [5.74, 6) is 0.951. The predicted molar refractivity (Wildman–Crippen MR) is 59.9 cm³/mol. The lowest BCUT2D eigenvalue weighted by atomic mass is 10.1. The molecule has 78 valence electrons. The van der Waals surface area contributed by atoms with Crippen molar-refractivity contribution in [3.8, 4) is 5.75 Å². The molecule has 0 amide bonds. The SMILES string of the molecule is COc1cccc(CCCN(C)C)c1. The Kier molecular flexibility index (Phi) is 4.47. The Bertz CT molecular complexity index is 271. The van der Waals surface area contributed by atoms with Crippen molar-refractivity contribution in [2.75, 3.05) is 27.7 Å². The van der Waals surface area contributed by atoms with Gasteiger partial charge in [-0.05, 0) is 51.2 Å². The van der Waals surface area contributed by atoms with E-state index in [-0.39, 0.29) is 0 Å². The smallest absolute Gasteiger partial charge is 0.119 e. The number of ether oxygens (including phenoxy) is 1. The second kappa shape index (κ2) is 5.66. The molecule has 0 saturated heterocycles. The third-order valence-corrected chi connectivity index (χ3v) is 2.20. The largest absolute Gasteiger partial charge is 0.497 e. The third kappa shape index (κ3) is 3.79. The molecular formula is C12H19NO. The van der Waals surface area contributed by atoms with Gasteiger partial charge in [0, 0.05) is 0 Å². The summed E-state index contributed by atoms with van der Waals surface area (Å²) in [6.45, 7) is 1.14. The second-order valence-corrected chi connectivity index (χ2v) is 3.76. The summed E-state index contributed by atoms with van der Waals surface area (Å²) in [6.07, 6.45) is 2.32. The molecule has 0 bridgehead atoms. The van der Waals surface area contributed by atoms with Crippen molar-refractivity contribution in [2.24, 2.45) is 0 Å². The lowest BCUT2D eigenvalue weighted by Gasteiger charge is -2.09. The fourth-order valence-electron chi connectivity index (χ4n) is 1.43. The quantitative estimate of drug-likeness (QED) is 0.710. The minimum Gasteiger partial charge on any atom is -0.497 e. The van der Waals surface area contributed by atoms with E-state index in [1.165, 1.54) is 12.0 Å². The zero-order chi connectivity index (χ0) is 10.4. The second-order valence-electron chi connectivity index (χ2n) is 3.76. The van der Waals surface area contributed by atoms with Gasteiger partial charge in [-0.2, -0.15) is 0 Å². The molecule has 0 unspecified atom stereocenters. The topological polar surface area (TPSA) is 12.5 Å². The Morgan fingerprint density at radius 1 is 1.29 bits per heavy atom. The highest BCUT2D eigenvalue weighted by atomic mass is 16.5. The first-order valence-electron chi connectivity index (χ1n) is 5.00. The van der Waals surface area contributed by atoms with Crippen LogP contribution in [0.2, 0.25) is 0 Å². The molecule has 0 aliphatic rings. The summed E-state index contributed by atoms with van der Waals surface area (Å²) in [5, 5.41) is 0. The first kappa shape index (κ1) is 11.1. The fourth-order valence-corrected chi connectivity index (χ4v) is 1.43. The van der Waals surface area contributed by atoms with E-state index in [4.69, 9.17) is 4.74 Å². The average molecular weight is 193 g/mol. The van der Waals surface area contributed by atoms with Crippen LogP contribution in [-0.2, 0) is 6.42 Å². The van der Waals surface area contributed by atoms with Gasteiger partial charge >= 0.3 is 0 Å². The van der Waals surface area contributed by atoms with Crippen molar-refractivity contribution < 1.29 is 4.74 Å². The summed E-state index contributed by atoms with van der Waals surface area (Å²) < 4.78 is 5.17. The van der Waals surface area contributed by atoms with Crippen LogP contribution < -0.4 is 4.74 Å². The lowest BCUT2D eigenvalue weighted by Crippen LogP contribution is -2.13. The van der Waals surface area contributed by atoms with Crippen molar-refractivity contribution in [2.45, 2.75) is 12.8 Å². The van der Waals surface area contributed by atoms with Crippen LogP contribution in [0.4, 0.5) is 0 Å². The average Bonchev–Trinajstić information content (AvgIpc) is 2.18. The Morgan fingerprint density at radius 2 is 2.07 bits per heavy atom. The van der Waals surface area contributed by atoms with Crippen molar-refractivity contribution in [3.05, 3.63) is 29.8 Å². The molecule has 0 radical (unpaired) electrons. The van der Waals surface area contributed by atoms with E-state index in [2.05, 4.69) is 31.1 Å². The van der Waals surface area contributed by atoms with Crippen molar-refractivity contribution in [1.29, 1.82) is 0 Å². The maximum atomic E-state index is 5.17. The maximum absolute atomic E-state index is 5.17. The fraction of sp³-hybridized carbons (Fsp3) is 0.500. The Balaban J connectivity index is 2.42. The molecule has 0 N–H and O–H groups in total. The van der Waals surface area contributed by atoms with Gasteiger partial charge in [0.2, 0.25) is 0 Å².